The maximum Gasteiger partial charge on any atom is 0.335 e. The summed E-state index contributed by atoms with van der Waals surface area (Å²) in [6.07, 6.45) is 9.09. The van der Waals surface area contributed by atoms with Gasteiger partial charge in [0.05, 0.1) is 11.6 Å². The first kappa shape index (κ1) is 13.1. The van der Waals surface area contributed by atoms with Crippen molar-refractivity contribution in [3.8, 4) is 0 Å². The van der Waals surface area contributed by atoms with Gasteiger partial charge in [0.25, 0.3) is 0 Å². The lowest BCUT2D eigenvalue weighted by molar-refractivity contribution is 0.0696. The molecule has 2 aromatic rings. The Kier molecular flexibility index (Phi) is 2.96. The molecule has 0 saturated carbocycles. The zero-order valence-electron chi connectivity index (χ0n) is 11.9. The number of pyridine rings is 1. The monoisotopic (exact) mass is 292 g/mol. The minimum absolute atomic E-state index is 0.205. The molecule has 2 N–H and O–H groups in total. The summed E-state index contributed by atoms with van der Waals surface area (Å²) in [4.78, 5) is 15.4. The van der Waals surface area contributed by atoms with Crippen LogP contribution < -0.4 is 5.32 Å². The number of nitrogens with one attached hydrogen (secondary N) is 1. The first-order valence-electron chi connectivity index (χ1n) is 7.44. The number of nitrogens with zero attached hydrogens (tertiary/aromatic N) is 1. The third-order valence-electron chi connectivity index (χ3n) is 4.65. The fraction of sp³-hybridized carbons (Fsp3) is 0.222. The molecule has 4 heteroatoms. The lowest BCUT2D eigenvalue weighted by atomic mass is 9.77. The van der Waals surface area contributed by atoms with Crippen LogP contribution in [0.4, 0.5) is 5.69 Å². The molecule has 3 atom stereocenters. The summed E-state index contributed by atoms with van der Waals surface area (Å²) < 4.78 is 0. The van der Waals surface area contributed by atoms with Crippen LogP contribution in [0.1, 0.15) is 39.9 Å². The molecule has 4 rings (SSSR count). The lowest BCUT2D eigenvalue weighted by Gasteiger charge is -2.37. The lowest BCUT2D eigenvalue weighted by Crippen LogP contribution is -2.29. The number of anilines is 1. The predicted molar refractivity (Wildman–Crippen MR) is 84.0 cm³/mol. The van der Waals surface area contributed by atoms with Crippen LogP contribution >= 0.6 is 0 Å². The fourth-order valence-corrected chi connectivity index (χ4v) is 3.62. The molecular weight excluding hydrogens is 276 g/mol. The van der Waals surface area contributed by atoms with Crippen molar-refractivity contribution in [2.45, 2.75) is 18.4 Å². The molecule has 2 aliphatic rings. The highest BCUT2D eigenvalue weighted by Crippen LogP contribution is 2.49. The Balaban J connectivity index is 1.79. The van der Waals surface area contributed by atoms with Crippen LogP contribution in [0.3, 0.4) is 0 Å². The number of benzene rings is 1. The molecule has 0 radical (unpaired) electrons. The van der Waals surface area contributed by atoms with Crippen LogP contribution in [0, 0.1) is 5.92 Å². The quantitative estimate of drug-likeness (QED) is 0.830. The molecule has 0 amide bonds. The van der Waals surface area contributed by atoms with E-state index in [9.17, 15) is 9.90 Å². The number of carbonyl (C=O) groups is 1. The van der Waals surface area contributed by atoms with E-state index < -0.39 is 5.97 Å². The molecular formula is C18H16N2O2. The summed E-state index contributed by atoms with van der Waals surface area (Å²) in [7, 11) is 0. The van der Waals surface area contributed by atoms with Crippen LogP contribution in [0.15, 0.2) is 54.9 Å². The van der Waals surface area contributed by atoms with Crippen LogP contribution in [0.25, 0.3) is 0 Å². The van der Waals surface area contributed by atoms with Gasteiger partial charge in [-0.15, -0.1) is 0 Å². The number of aromatic carboxylic acids is 1. The number of hydrogen-bond donors (Lipinski definition) is 2. The standard InChI is InChI=1S/C18H16N2O2/c21-18(22)11-6-7-16-15(9-11)13-4-1-5-14(13)17(20-16)12-3-2-8-19-10-12/h1-4,6-10,13-14,17,20H,5H2,(H,21,22)/t13-,14-,17-/m0/s1. The molecule has 0 saturated heterocycles. The number of hydrogen-bond acceptors (Lipinski definition) is 3. The van der Waals surface area contributed by atoms with Crippen molar-refractivity contribution in [3.63, 3.8) is 0 Å². The second-order valence-electron chi connectivity index (χ2n) is 5.87. The van der Waals surface area contributed by atoms with Crippen molar-refractivity contribution in [1.29, 1.82) is 0 Å². The van der Waals surface area contributed by atoms with Crippen molar-refractivity contribution in [2.24, 2.45) is 5.92 Å². The molecule has 0 fully saturated rings. The van der Waals surface area contributed by atoms with Gasteiger partial charge in [-0.3, -0.25) is 4.98 Å². The third-order valence-corrected chi connectivity index (χ3v) is 4.65. The second-order valence-corrected chi connectivity index (χ2v) is 5.87. The van der Waals surface area contributed by atoms with Gasteiger partial charge in [-0.2, -0.15) is 0 Å². The van der Waals surface area contributed by atoms with Gasteiger partial charge in [-0.1, -0.05) is 18.2 Å². The summed E-state index contributed by atoms with van der Waals surface area (Å²) >= 11 is 0. The smallest absolute Gasteiger partial charge is 0.335 e. The predicted octanol–water partition coefficient (Wildman–Crippen LogP) is 3.61. The average Bonchev–Trinajstić information content (AvgIpc) is 3.04. The first-order chi connectivity index (χ1) is 10.7. The Labute approximate surface area is 128 Å². The summed E-state index contributed by atoms with van der Waals surface area (Å²) in [6.45, 7) is 0. The number of allylic oxidation sites excluding steroid dienone is 2. The molecule has 4 nitrogen and oxygen atoms in total. The van der Waals surface area contributed by atoms with Crippen molar-refractivity contribution in [1.82, 2.24) is 4.98 Å². The van der Waals surface area contributed by atoms with Crippen molar-refractivity contribution in [2.75, 3.05) is 5.32 Å². The highest BCUT2D eigenvalue weighted by atomic mass is 16.4. The Morgan fingerprint density at radius 2 is 2.23 bits per heavy atom. The Morgan fingerprint density at radius 3 is 3.00 bits per heavy atom. The molecule has 0 bridgehead atoms. The van der Waals surface area contributed by atoms with E-state index in [4.69, 9.17) is 0 Å². The zero-order valence-corrected chi connectivity index (χ0v) is 11.9. The maximum atomic E-state index is 11.2. The molecule has 1 aromatic carbocycles. The molecule has 110 valence electrons. The Hall–Kier alpha value is -2.62. The number of aromatic nitrogens is 1. The van der Waals surface area contributed by atoms with E-state index >= 15 is 0 Å². The third kappa shape index (κ3) is 1.99. The van der Waals surface area contributed by atoms with Gasteiger partial charge in [0.15, 0.2) is 0 Å². The SMILES string of the molecule is O=C(O)c1ccc2c(c1)[C@H]1C=CC[C@@H]1[C@H](c1cccnc1)N2. The van der Waals surface area contributed by atoms with Crippen molar-refractivity contribution in [3.05, 3.63) is 71.6 Å². The summed E-state index contributed by atoms with van der Waals surface area (Å²) in [5.41, 5.74) is 3.62. The van der Waals surface area contributed by atoms with E-state index in [0.29, 0.717) is 11.5 Å². The van der Waals surface area contributed by atoms with Gasteiger partial charge in [0.1, 0.15) is 0 Å². The molecule has 2 heterocycles. The normalized spacial score (nSPS) is 25.2. The average molecular weight is 292 g/mol. The zero-order chi connectivity index (χ0) is 15.1. The maximum absolute atomic E-state index is 11.2. The van der Waals surface area contributed by atoms with Gasteiger partial charge in [-0.25, -0.2) is 4.79 Å². The molecule has 22 heavy (non-hydrogen) atoms. The van der Waals surface area contributed by atoms with Gasteiger partial charge in [-0.05, 0) is 47.7 Å². The van der Waals surface area contributed by atoms with E-state index in [0.717, 1.165) is 17.7 Å². The highest BCUT2D eigenvalue weighted by molar-refractivity contribution is 5.89. The topological polar surface area (TPSA) is 62.2 Å². The van der Waals surface area contributed by atoms with E-state index in [1.165, 1.54) is 5.56 Å². The Bertz CT molecular complexity index is 755. The van der Waals surface area contributed by atoms with Crippen LogP contribution in [0.5, 0.6) is 0 Å². The van der Waals surface area contributed by atoms with E-state index in [-0.39, 0.29) is 12.0 Å². The first-order valence-corrected chi connectivity index (χ1v) is 7.44. The van der Waals surface area contributed by atoms with Crippen molar-refractivity contribution >= 4 is 11.7 Å². The number of carboxylic acid groups (broad SMARTS) is 1. The molecule has 1 aromatic heterocycles. The summed E-state index contributed by atoms with van der Waals surface area (Å²) in [5, 5.41) is 12.8. The summed E-state index contributed by atoms with van der Waals surface area (Å²) in [5.74, 6) is -0.211. The molecule has 0 spiro atoms. The minimum Gasteiger partial charge on any atom is -0.478 e. The largest absolute Gasteiger partial charge is 0.478 e. The van der Waals surface area contributed by atoms with Crippen molar-refractivity contribution < 1.29 is 9.90 Å². The molecule has 1 aliphatic heterocycles. The second kappa shape index (κ2) is 4.98. The van der Waals surface area contributed by atoms with Gasteiger partial charge in [0, 0.05) is 24.0 Å². The van der Waals surface area contributed by atoms with E-state index in [2.05, 4.69) is 28.5 Å². The number of fused-ring (bicyclic) bond motifs is 3. The minimum atomic E-state index is -0.879. The van der Waals surface area contributed by atoms with E-state index in [1.807, 2.05) is 18.3 Å². The highest BCUT2D eigenvalue weighted by Gasteiger charge is 2.38. The molecule has 0 unspecified atom stereocenters. The Morgan fingerprint density at radius 1 is 1.32 bits per heavy atom. The number of rotatable bonds is 2. The van der Waals surface area contributed by atoms with Gasteiger partial charge in [0.2, 0.25) is 0 Å². The van der Waals surface area contributed by atoms with Crippen LogP contribution in [-0.4, -0.2) is 16.1 Å². The van der Waals surface area contributed by atoms with Crippen LogP contribution in [0.2, 0.25) is 0 Å². The summed E-state index contributed by atoms with van der Waals surface area (Å²) in [6, 6.07) is 9.60. The van der Waals surface area contributed by atoms with E-state index in [1.54, 1.807) is 18.3 Å². The number of carboxylic acids is 1. The van der Waals surface area contributed by atoms with Gasteiger partial charge >= 0.3 is 5.97 Å². The van der Waals surface area contributed by atoms with Gasteiger partial charge < -0.3 is 10.4 Å². The molecule has 1 aliphatic carbocycles. The fourth-order valence-electron chi connectivity index (χ4n) is 3.62. The van der Waals surface area contributed by atoms with Crippen LogP contribution in [-0.2, 0) is 0 Å².